The molecule has 1 fully saturated rings. The Labute approximate surface area is 101 Å². The zero-order valence-corrected chi connectivity index (χ0v) is 10.5. The first-order chi connectivity index (χ1) is 7.58. The molecule has 0 atom stereocenters. The van der Waals surface area contributed by atoms with Gasteiger partial charge in [-0.3, -0.25) is 0 Å². The molecule has 1 aliphatic carbocycles. The fourth-order valence-corrected chi connectivity index (χ4v) is 2.29. The van der Waals surface area contributed by atoms with Gasteiger partial charge >= 0.3 is 0 Å². The Morgan fingerprint density at radius 2 is 2.12 bits per heavy atom. The number of hydrogen-bond acceptors (Lipinski definition) is 2. The minimum atomic E-state index is -0.511. The van der Waals surface area contributed by atoms with Crippen molar-refractivity contribution in [2.24, 2.45) is 0 Å². The maximum Gasteiger partial charge on any atom is 0.140 e. The molecule has 1 aliphatic rings. The van der Waals surface area contributed by atoms with Gasteiger partial charge in [0.05, 0.1) is 17.7 Å². The van der Waals surface area contributed by atoms with Crippen LogP contribution in [0, 0.1) is 0 Å². The number of aryl methyl sites for hydroxylation is 1. The number of aliphatic hydroxyl groups is 1. The zero-order valence-electron chi connectivity index (χ0n) is 9.72. The molecule has 0 saturated heterocycles. The Balaban J connectivity index is 2.35. The Morgan fingerprint density at radius 1 is 1.44 bits per heavy atom. The molecule has 0 spiro atoms. The molecule has 0 amide bonds. The lowest BCUT2D eigenvalue weighted by Crippen LogP contribution is -2.12. The molecule has 0 bridgehead atoms. The highest BCUT2D eigenvalue weighted by Gasteiger charge is 2.41. The highest BCUT2D eigenvalue weighted by atomic mass is 35.5. The van der Waals surface area contributed by atoms with Crippen molar-refractivity contribution < 1.29 is 9.84 Å². The second-order valence-corrected chi connectivity index (χ2v) is 4.93. The minimum Gasteiger partial charge on any atom is -0.495 e. The zero-order chi connectivity index (χ0) is 11.8. The summed E-state index contributed by atoms with van der Waals surface area (Å²) >= 11 is 6.16. The van der Waals surface area contributed by atoms with Gasteiger partial charge in [0.2, 0.25) is 0 Å². The largest absolute Gasteiger partial charge is 0.495 e. The molecule has 88 valence electrons. The van der Waals surface area contributed by atoms with Gasteiger partial charge in [0.1, 0.15) is 5.75 Å². The van der Waals surface area contributed by atoms with Crippen LogP contribution >= 0.6 is 11.6 Å². The number of benzene rings is 1. The van der Waals surface area contributed by atoms with Crippen molar-refractivity contribution in [2.75, 3.05) is 7.11 Å². The molecule has 0 aromatic heterocycles. The van der Waals surface area contributed by atoms with Gasteiger partial charge in [0.25, 0.3) is 0 Å². The first-order valence-electron chi connectivity index (χ1n) is 5.65. The van der Waals surface area contributed by atoms with E-state index in [2.05, 4.69) is 13.0 Å². The maximum atomic E-state index is 9.96. The van der Waals surface area contributed by atoms with Crippen LogP contribution in [0.3, 0.4) is 0 Å². The Kier molecular flexibility index (Phi) is 3.13. The van der Waals surface area contributed by atoms with Crippen LogP contribution in [0.1, 0.15) is 30.9 Å². The quantitative estimate of drug-likeness (QED) is 0.877. The second-order valence-electron chi connectivity index (χ2n) is 4.52. The predicted octanol–water partition coefficient (Wildman–Crippen LogP) is 2.98. The van der Waals surface area contributed by atoms with E-state index in [4.69, 9.17) is 16.3 Å². The molecule has 2 nitrogen and oxygen atoms in total. The summed E-state index contributed by atoms with van der Waals surface area (Å²) in [4.78, 5) is 0. The summed E-state index contributed by atoms with van der Waals surface area (Å²) in [5.41, 5.74) is 1.69. The standard InChI is InChI=1S/C13H17ClO2/c1-3-9-6-10(8-13(15)4-5-13)12(16-2)11(14)7-9/h6-7,15H,3-5,8H2,1-2H3. The molecule has 1 saturated carbocycles. The predicted molar refractivity (Wildman–Crippen MR) is 65.3 cm³/mol. The lowest BCUT2D eigenvalue weighted by molar-refractivity contribution is 0.150. The van der Waals surface area contributed by atoms with Crippen molar-refractivity contribution >= 4 is 11.6 Å². The van der Waals surface area contributed by atoms with E-state index in [-0.39, 0.29) is 0 Å². The van der Waals surface area contributed by atoms with Crippen LogP contribution in [0.25, 0.3) is 0 Å². The summed E-state index contributed by atoms with van der Waals surface area (Å²) in [5.74, 6) is 0.708. The van der Waals surface area contributed by atoms with Gasteiger partial charge in [-0.1, -0.05) is 24.6 Å². The van der Waals surface area contributed by atoms with E-state index >= 15 is 0 Å². The fraction of sp³-hybridized carbons (Fsp3) is 0.538. The average Bonchev–Trinajstić information content (AvgIpc) is 2.95. The van der Waals surface area contributed by atoms with E-state index in [1.54, 1.807) is 7.11 Å². The third-order valence-corrected chi connectivity index (χ3v) is 3.42. The summed E-state index contributed by atoms with van der Waals surface area (Å²) in [6.45, 7) is 2.09. The second kappa shape index (κ2) is 4.27. The van der Waals surface area contributed by atoms with Crippen molar-refractivity contribution in [1.29, 1.82) is 0 Å². The average molecular weight is 241 g/mol. The van der Waals surface area contributed by atoms with E-state index in [1.807, 2.05) is 6.07 Å². The third kappa shape index (κ3) is 2.33. The number of hydrogen-bond donors (Lipinski definition) is 1. The topological polar surface area (TPSA) is 29.5 Å². The number of halogens is 1. The van der Waals surface area contributed by atoms with Crippen molar-refractivity contribution in [1.82, 2.24) is 0 Å². The van der Waals surface area contributed by atoms with Crippen molar-refractivity contribution in [3.05, 3.63) is 28.3 Å². The van der Waals surface area contributed by atoms with E-state index in [0.717, 1.165) is 24.8 Å². The van der Waals surface area contributed by atoms with Gasteiger partial charge < -0.3 is 9.84 Å². The van der Waals surface area contributed by atoms with E-state index in [0.29, 0.717) is 17.2 Å². The molecule has 0 unspecified atom stereocenters. The normalized spacial score (nSPS) is 17.2. The first kappa shape index (κ1) is 11.7. The molecule has 3 heteroatoms. The molecule has 1 aromatic carbocycles. The Bertz CT molecular complexity index is 397. The lowest BCUT2D eigenvalue weighted by Gasteiger charge is -2.15. The summed E-state index contributed by atoms with van der Waals surface area (Å²) in [6.07, 6.45) is 3.34. The van der Waals surface area contributed by atoms with Crippen LogP contribution in [-0.2, 0) is 12.8 Å². The van der Waals surface area contributed by atoms with Crippen LogP contribution in [0.2, 0.25) is 5.02 Å². The molecular weight excluding hydrogens is 224 g/mol. The SMILES string of the molecule is CCc1cc(Cl)c(OC)c(CC2(O)CC2)c1. The smallest absolute Gasteiger partial charge is 0.140 e. The van der Waals surface area contributed by atoms with Gasteiger partial charge in [-0.15, -0.1) is 0 Å². The van der Waals surface area contributed by atoms with Crippen LogP contribution < -0.4 is 4.74 Å². The van der Waals surface area contributed by atoms with Crippen molar-refractivity contribution in [3.8, 4) is 5.75 Å². The van der Waals surface area contributed by atoms with E-state index in [1.165, 1.54) is 5.56 Å². The maximum absolute atomic E-state index is 9.96. The van der Waals surface area contributed by atoms with E-state index < -0.39 is 5.60 Å². The van der Waals surface area contributed by atoms with Crippen LogP contribution in [-0.4, -0.2) is 17.8 Å². The molecule has 0 aliphatic heterocycles. The molecule has 16 heavy (non-hydrogen) atoms. The van der Waals surface area contributed by atoms with Gasteiger partial charge in [0.15, 0.2) is 0 Å². The summed E-state index contributed by atoms with van der Waals surface area (Å²) < 4.78 is 5.31. The number of methoxy groups -OCH3 is 1. The molecular formula is C13H17ClO2. The summed E-state index contributed by atoms with van der Waals surface area (Å²) in [5, 5.41) is 10.6. The van der Waals surface area contributed by atoms with E-state index in [9.17, 15) is 5.11 Å². The number of ether oxygens (including phenoxy) is 1. The van der Waals surface area contributed by atoms with Gasteiger partial charge in [-0.25, -0.2) is 0 Å². The Hall–Kier alpha value is -0.730. The van der Waals surface area contributed by atoms with Crippen molar-refractivity contribution in [2.45, 2.75) is 38.2 Å². The summed E-state index contributed by atoms with van der Waals surface area (Å²) in [7, 11) is 1.62. The monoisotopic (exact) mass is 240 g/mol. The first-order valence-corrected chi connectivity index (χ1v) is 6.03. The number of rotatable bonds is 4. The third-order valence-electron chi connectivity index (χ3n) is 3.14. The molecule has 1 aromatic rings. The van der Waals surface area contributed by atoms with Gasteiger partial charge in [-0.05, 0) is 36.5 Å². The van der Waals surface area contributed by atoms with Crippen LogP contribution in [0.5, 0.6) is 5.75 Å². The Morgan fingerprint density at radius 3 is 2.62 bits per heavy atom. The molecule has 0 radical (unpaired) electrons. The van der Waals surface area contributed by atoms with Gasteiger partial charge in [0, 0.05) is 6.42 Å². The summed E-state index contributed by atoms with van der Waals surface area (Å²) in [6, 6.07) is 4.02. The molecule has 1 N–H and O–H groups in total. The van der Waals surface area contributed by atoms with Crippen LogP contribution in [0.15, 0.2) is 12.1 Å². The minimum absolute atomic E-state index is 0.511. The van der Waals surface area contributed by atoms with Gasteiger partial charge in [-0.2, -0.15) is 0 Å². The lowest BCUT2D eigenvalue weighted by atomic mass is 10.0. The van der Waals surface area contributed by atoms with Crippen molar-refractivity contribution in [3.63, 3.8) is 0 Å². The molecule has 2 rings (SSSR count). The highest BCUT2D eigenvalue weighted by Crippen LogP contribution is 2.42. The fourth-order valence-electron chi connectivity index (χ4n) is 1.95. The molecule has 0 heterocycles. The van der Waals surface area contributed by atoms with Crippen LogP contribution in [0.4, 0.5) is 0 Å². The highest BCUT2D eigenvalue weighted by molar-refractivity contribution is 6.32.